The monoisotopic (exact) mass is 300 g/mol. The Morgan fingerprint density at radius 3 is 2.80 bits per heavy atom. The third-order valence-electron chi connectivity index (χ3n) is 2.51. The van der Waals surface area contributed by atoms with E-state index in [1.54, 1.807) is 6.92 Å². The van der Waals surface area contributed by atoms with E-state index in [1.165, 1.54) is 18.2 Å². The summed E-state index contributed by atoms with van der Waals surface area (Å²) in [5.74, 6) is -0.744. The minimum atomic E-state index is -0.744. The van der Waals surface area contributed by atoms with E-state index in [1.807, 2.05) is 0 Å². The highest BCUT2D eigenvalue weighted by molar-refractivity contribution is 6.36. The molecule has 8 heteroatoms. The van der Waals surface area contributed by atoms with Gasteiger partial charge in [0.15, 0.2) is 5.71 Å². The van der Waals surface area contributed by atoms with Crippen LogP contribution in [0.25, 0.3) is 0 Å². The molecule has 0 aliphatic heterocycles. The summed E-state index contributed by atoms with van der Waals surface area (Å²) in [6, 6.07) is 4.25. The number of hydrogen-bond acceptors (Lipinski definition) is 6. The molecule has 0 unspecified atom stereocenters. The van der Waals surface area contributed by atoms with Crippen LogP contribution in [0.4, 0.5) is 5.69 Å². The summed E-state index contributed by atoms with van der Waals surface area (Å²) in [6.07, 6.45) is 0.184. The Labute approximate surface area is 119 Å². The van der Waals surface area contributed by atoms with Crippen molar-refractivity contribution in [3.05, 3.63) is 38.9 Å². The Morgan fingerprint density at radius 1 is 1.55 bits per heavy atom. The van der Waals surface area contributed by atoms with Crippen LogP contribution in [0.5, 0.6) is 0 Å². The average molecular weight is 301 g/mol. The lowest BCUT2D eigenvalue weighted by Gasteiger charge is -2.05. The van der Waals surface area contributed by atoms with Gasteiger partial charge in [-0.25, -0.2) is 4.79 Å². The number of esters is 1. The molecule has 1 N–H and O–H groups in total. The molecule has 1 aromatic rings. The molecule has 0 aliphatic carbocycles. The van der Waals surface area contributed by atoms with Crippen molar-refractivity contribution in [1.29, 1.82) is 0 Å². The maximum atomic E-state index is 11.4. The molecule has 1 aromatic carbocycles. The number of halogens is 1. The van der Waals surface area contributed by atoms with Gasteiger partial charge in [-0.3, -0.25) is 10.1 Å². The van der Waals surface area contributed by atoms with E-state index in [0.29, 0.717) is 5.56 Å². The molecule has 7 nitrogen and oxygen atoms in total. The van der Waals surface area contributed by atoms with E-state index in [4.69, 9.17) is 21.5 Å². The van der Waals surface area contributed by atoms with Crippen LogP contribution in [0.2, 0.25) is 5.02 Å². The highest BCUT2D eigenvalue weighted by Gasteiger charge is 2.18. The van der Waals surface area contributed by atoms with Crippen molar-refractivity contribution in [2.45, 2.75) is 19.8 Å². The summed E-state index contributed by atoms with van der Waals surface area (Å²) in [4.78, 5) is 21.7. The van der Waals surface area contributed by atoms with Gasteiger partial charge in [-0.2, -0.15) is 0 Å². The molecule has 0 saturated heterocycles. The van der Waals surface area contributed by atoms with Gasteiger partial charge in [0, 0.05) is 23.1 Å². The van der Waals surface area contributed by atoms with Gasteiger partial charge in [-0.05, 0) is 19.4 Å². The number of rotatable bonds is 6. The van der Waals surface area contributed by atoms with Crippen LogP contribution < -0.4 is 0 Å². The summed E-state index contributed by atoms with van der Waals surface area (Å²) in [5.41, 5.74) is 0.0691. The maximum absolute atomic E-state index is 11.4. The number of carbonyl (C=O) groups excluding carboxylic acids is 1. The molecule has 0 fully saturated rings. The first-order chi connectivity index (χ1) is 9.49. The maximum Gasteiger partial charge on any atom is 0.356 e. The first-order valence-electron chi connectivity index (χ1n) is 5.80. The second-order valence-electron chi connectivity index (χ2n) is 3.80. The summed E-state index contributed by atoms with van der Waals surface area (Å²) in [5, 5.41) is 22.8. The topological polar surface area (TPSA) is 102 Å². The van der Waals surface area contributed by atoms with Gasteiger partial charge in [0.2, 0.25) is 0 Å². The van der Waals surface area contributed by atoms with Gasteiger partial charge in [-0.1, -0.05) is 22.8 Å². The van der Waals surface area contributed by atoms with E-state index < -0.39 is 10.9 Å². The summed E-state index contributed by atoms with van der Waals surface area (Å²) >= 11 is 5.70. The van der Waals surface area contributed by atoms with Crippen molar-refractivity contribution in [1.82, 2.24) is 0 Å². The molecular formula is C12H13ClN2O5. The zero-order valence-corrected chi connectivity index (χ0v) is 11.5. The Hall–Kier alpha value is -2.15. The highest BCUT2D eigenvalue weighted by Crippen LogP contribution is 2.24. The van der Waals surface area contributed by atoms with E-state index in [2.05, 4.69) is 5.16 Å². The lowest BCUT2D eigenvalue weighted by atomic mass is 10.1. The Bertz CT molecular complexity index is 545. The second-order valence-corrected chi connectivity index (χ2v) is 4.23. The lowest BCUT2D eigenvalue weighted by molar-refractivity contribution is -0.385. The summed E-state index contributed by atoms with van der Waals surface area (Å²) in [6.45, 7) is 1.77. The molecule has 0 aromatic heterocycles. The smallest absolute Gasteiger partial charge is 0.356 e. The number of aryl methyl sites for hydroxylation is 1. The molecule has 1 rings (SSSR count). The number of nitro groups is 1. The molecule has 0 bridgehead atoms. The molecule has 0 saturated carbocycles. The van der Waals surface area contributed by atoms with Gasteiger partial charge in [0.05, 0.1) is 11.5 Å². The Morgan fingerprint density at radius 2 is 2.25 bits per heavy atom. The number of ether oxygens (including phenoxy) is 1. The van der Waals surface area contributed by atoms with Crippen molar-refractivity contribution >= 4 is 29.0 Å². The predicted octanol–water partition coefficient (Wildman–Crippen LogP) is 2.57. The van der Waals surface area contributed by atoms with E-state index in [0.717, 1.165) is 0 Å². The molecule has 0 atom stereocenters. The van der Waals surface area contributed by atoms with Crippen molar-refractivity contribution in [3.8, 4) is 0 Å². The molecule has 0 spiro atoms. The van der Waals surface area contributed by atoms with Gasteiger partial charge >= 0.3 is 5.97 Å². The highest BCUT2D eigenvalue weighted by atomic mass is 35.5. The van der Waals surface area contributed by atoms with E-state index in [9.17, 15) is 14.9 Å². The van der Waals surface area contributed by atoms with Gasteiger partial charge in [0.1, 0.15) is 0 Å². The number of oxime groups is 1. The fraction of sp³-hybridized carbons (Fsp3) is 0.333. The molecule has 0 aliphatic rings. The Balaban J connectivity index is 2.84. The van der Waals surface area contributed by atoms with Crippen molar-refractivity contribution in [2.24, 2.45) is 5.16 Å². The first kappa shape index (κ1) is 15.9. The summed E-state index contributed by atoms with van der Waals surface area (Å²) in [7, 11) is 0. The van der Waals surface area contributed by atoms with Crippen LogP contribution in [0.1, 0.15) is 18.9 Å². The largest absolute Gasteiger partial charge is 0.461 e. The SMILES string of the molecule is CCOC(=O)/C(CCc1ccc(Cl)cc1[N+](=O)[O-])=N/O. The van der Waals surface area contributed by atoms with E-state index >= 15 is 0 Å². The third-order valence-corrected chi connectivity index (χ3v) is 2.74. The molecule has 20 heavy (non-hydrogen) atoms. The lowest BCUT2D eigenvalue weighted by Crippen LogP contribution is -2.18. The molecule has 0 amide bonds. The minimum absolute atomic E-state index is 0.0256. The van der Waals surface area contributed by atoms with Gasteiger partial charge in [0.25, 0.3) is 5.69 Å². The number of nitro benzene ring substituents is 1. The van der Waals surface area contributed by atoms with Gasteiger partial charge in [-0.15, -0.1) is 0 Å². The van der Waals surface area contributed by atoms with Crippen molar-refractivity contribution < 1.29 is 19.7 Å². The van der Waals surface area contributed by atoms with Crippen molar-refractivity contribution in [2.75, 3.05) is 6.61 Å². The fourth-order valence-corrected chi connectivity index (χ4v) is 1.75. The number of carbonyl (C=O) groups is 1. The third kappa shape index (κ3) is 4.20. The quantitative estimate of drug-likeness (QED) is 0.286. The molecule has 108 valence electrons. The fourth-order valence-electron chi connectivity index (χ4n) is 1.58. The minimum Gasteiger partial charge on any atom is -0.461 e. The second kappa shape index (κ2) is 7.44. The van der Waals surface area contributed by atoms with E-state index in [-0.39, 0.29) is 35.9 Å². The normalized spacial score (nSPS) is 11.2. The van der Waals surface area contributed by atoms with Crippen LogP contribution in [-0.4, -0.2) is 28.4 Å². The van der Waals surface area contributed by atoms with Crippen LogP contribution in [0, 0.1) is 10.1 Å². The van der Waals surface area contributed by atoms with Crippen molar-refractivity contribution in [3.63, 3.8) is 0 Å². The number of hydrogen-bond donors (Lipinski definition) is 1. The standard InChI is InChI=1S/C12H13ClN2O5/c1-2-20-12(16)10(14-17)6-4-8-3-5-9(13)7-11(8)15(18)19/h3,5,7,17H,2,4,6H2,1H3/b14-10+. The zero-order chi connectivity index (χ0) is 15.1. The molecular weight excluding hydrogens is 288 g/mol. The van der Waals surface area contributed by atoms with Crippen LogP contribution in [0.3, 0.4) is 0 Å². The number of benzene rings is 1. The van der Waals surface area contributed by atoms with Gasteiger partial charge < -0.3 is 9.94 Å². The zero-order valence-electron chi connectivity index (χ0n) is 10.7. The van der Waals surface area contributed by atoms with Crippen LogP contribution in [-0.2, 0) is 16.0 Å². The molecule has 0 radical (unpaired) electrons. The first-order valence-corrected chi connectivity index (χ1v) is 6.18. The van der Waals surface area contributed by atoms with Crippen LogP contribution in [0.15, 0.2) is 23.4 Å². The predicted molar refractivity (Wildman–Crippen MR) is 72.3 cm³/mol. The summed E-state index contributed by atoms with van der Waals surface area (Å²) < 4.78 is 4.70. The average Bonchev–Trinajstić information content (AvgIpc) is 2.41. The Kier molecular flexibility index (Phi) is 5.92. The molecule has 0 heterocycles. The number of nitrogens with zero attached hydrogens (tertiary/aromatic N) is 2. The van der Waals surface area contributed by atoms with Crippen LogP contribution >= 0.6 is 11.6 Å².